The van der Waals surface area contributed by atoms with Gasteiger partial charge >= 0.3 is 0 Å². The van der Waals surface area contributed by atoms with Gasteiger partial charge in [-0.1, -0.05) is 19.8 Å². The fraction of sp³-hybridized carbons (Fsp3) is 0.581. The summed E-state index contributed by atoms with van der Waals surface area (Å²) in [6.07, 6.45) is 10.1. The molecule has 0 spiro atoms. The van der Waals surface area contributed by atoms with Crippen LogP contribution in [0.25, 0.3) is 0 Å². The van der Waals surface area contributed by atoms with E-state index in [9.17, 15) is 28.8 Å². The molecule has 13 heteroatoms. The van der Waals surface area contributed by atoms with E-state index in [1.165, 1.54) is 46.8 Å². The van der Waals surface area contributed by atoms with Crippen molar-refractivity contribution in [3.63, 3.8) is 0 Å². The van der Waals surface area contributed by atoms with Crippen LogP contribution < -0.4 is 21.5 Å². The number of imidazole rings is 1. The summed E-state index contributed by atoms with van der Waals surface area (Å²) in [5.41, 5.74) is -0.671. The summed E-state index contributed by atoms with van der Waals surface area (Å²) in [7, 11) is 3.44. The highest BCUT2D eigenvalue weighted by atomic mass is 16.2. The number of aromatic nitrogens is 3. The quantitative estimate of drug-likeness (QED) is 0.308. The minimum Gasteiger partial charge on any atom is -0.350 e. The Hall–Kier alpha value is -4.29. The molecule has 4 rings (SSSR count). The Kier molecular flexibility index (Phi) is 10.4. The number of hydrogen-bond acceptors (Lipinski definition) is 7. The summed E-state index contributed by atoms with van der Waals surface area (Å²) >= 11 is 0. The van der Waals surface area contributed by atoms with E-state index in [-0.39, 0.29) is 48.8 Å². The summed E-state index contributed by atoms with van der Waals surface area (Å²) in [5, 5.41) is 7.55. The second-order valence-electron chi connectivity index (χ2n) is 12.3. The van der Waals surface area contributed by atoms with Gasteiger partial charge in [-0.2, -0.15) is 0 Å². The Morgan fingerprint density at radius 1 is 1.20 bits per heavy atom. The maximum Gasteiger partial charge on any atom is 0.287 e. The number of aryl methyl sites for hydroxylation is 1. The second-order valence-corrected chi connectivity index (χ2v) is 12.3. The molecular formula is C31H43N7O6. The lowest BCUT2D eigenvalue weighted by Gasteiger charge is -2.52. The normalized spacial score (nSPS) is 21.5. The number of rotatable bonds is 12. The van der Waals surface area contributed by atoms with E-state index >= 15 is 0 Å². The van der Waals surface area contributed by atoms with Crippen LogP contribution in [0.5, 0.6) is 0 Å². The first kappa shape index (κ1) is 32.6. The van der Waals surface area contributed by atoms with Crippen LogP contribution in [0, 0.1) is 11.8 Å². The van der Waals surface area contributed by atoms with Gasteiger partial charge in [0.05, 0.1) is 12.5 Å². The molecular weight excluding hydrogens is 566 g/mol. The summed E-state index contributed by atoms with van der Waals surface area (Å²) in [6, 6.07) is 1.73. The number of carbonyl (C=O) groups excluding carboxylic acids is 5. The zero-order chi connectivity index (χ0) is 32.0. The number of nitrogens with one attached hydrogen (secondary N) is 3. The highest BCUT2D eigenvalue weighted by Crippen LogP contribution is 2.48. The first-order valence-electron chi connectivity index (χ1n) is 15.3. The van der Waals surface area contributed by atoms with Gasteiger partial charge in [0, 0.05) is 38.8 Å². The van der Waals surface area contributed by atoms with Gasteiger partial charge in [-0.25, -0.2) is 4.98 Å². The number of amides is 4. The molecule has 44 heavy (non-hydrogen) atoms. The molecule has 0 radical (unpaired) electrons. The minimum absolute atomic E-state index is 0.0787. The summed E-state index contributed by atoms with van der Waals surface area (Å²) < 4.78 is 2.73. The van der Waals surface area contributed by atoms with E-state index < -0.39 is 35.1 Å². The maximum absolute atomic E-state index is 13.5. The molecule has 2 saturated carbocycles. The molecule has 0 aromatic carbocycles. The van der Waals surface area contributed by atoms with E-state index in [4.69, 9.17) is 0 Å². The van der Waals surface area contributed by atoms with Crippen molar-refractivity contribution >= 4 is 35.1 Å². The zero-order valence-corrected chi connectivity index (χ0v) is 25.9. The van der Waals surface area contributed by atoms with Crippen LogP contribution >= 0.6 is 0 Å². The van der Waals surface area contributed by atoms with Crippen molar-refractivity contribution in [2.24, 2.45) is 18.9 Å². The van der Waals surface area contributed by atoms with Crippen LogP contribution in [0.1, 0.15) is 75.7 Å². The number of hydrogen-bond donors (Lipinski definition) is 3. The Labute approximate surface area is 256 Å². The molecule has 2 aliphatic rings. The Balaban J connectivity index is 1.48. The molecule has 0 aliphatic heterocycles. The van der Waals surface area contributed by atoms with Crippen molar-refractivity contribution in [3.8, 4) is 0 Å². The molecule has 2 heterocycles. The number of likely N-dealkylation sites (N-methyl/N-ethyl adjacent to an activating group) is 2. The standard InChI is InChI=1S/C31H43N7O6/c1-5-33-29(43)25(39)11-10-22(34-28(42)24-17-32-19-36(24)3)27(41)35-23-9-7-13-38(30(23)44)18-26(40)37(4)31-12-6-8-21(16-31)14-20(2)15-31/h7,9,13,17,19-22H,5-6,8,10-12,14-16,18H2,1-4H3,(H,33,43)(H,34,42)(H,35,41)/t20?,21?,22-,31?/m0/s1. The number of anilines is 1. The van der Waals surface area contributed by atoms with Crippen molar-refractivity contribution in [1.82, 2.24) is 29.7 Å². The molecule has 3 N–H and O–H groups in total. The molecule has 2 aromatic heterocycles. The fourth-order valence-corrected chi connectivity index (χ4v) is 6.81. The molecule has 3 unspecified atom stereocenters. The van der Waals surface area contributed by atoms with Gasteiger partial charge in [-0.15, -0.1) is 0 Å². The van der Waals surface area contributed by atoms with Gasteiger partial charge in [-0.05, 0) is 63.0 Å². The lowest BCUT2D eigenvalue weighted by Crippen LogP contribution is -2.56. The number of carbonyl (C=O) groups is 5. The van der Waals surface area contributed by atoms with Gasteiger partial charge < -0.3 is 30.0 Å². The summed E-state index contributed by atoms with van der Waals surface area (Å²) in [6.45, 7) is 4.01. The summed E-state index contributed by atoms with van der Waals surface area (Å²) in [5.74, 6) is -1.89. The third kappa shape index (κ3) is 7.43. The molecule has 238 valence electrons. The molecule has 2 aromatic rings. The van der Waals surface area contributed by atoms with Crippen molar-refractivity contribution in [2.45, 2.75) is 83.3 Å². The summed E-state index contributed by atoms with van der Waals surface area (Å²) in [4.78, 5) is 83.1. The van der Waals surface area contributed by atoms with Crippen LogP contribution in [0.3, 0.4) is 0 Å². The average Bonchev–Trinajstić information content (AvgIpc) is 3.42. The van der Waals surface area contributed by atoms with Crippen LogP contribution in [0.2, 0.25) is 0 Å². The monoisotopic (exact) mass is 609 g/mol. The number of Topliss-reactive ketones (excluding diaryl/α,β-unsaturated/α-hetero) is 1. The van der Waals surface area contributed by atoms with Gasteiger partial charge in [0.2, 0.25) is 17.6 Å². The first-order chi connectivity index (χ1) is 20.9. The zero-order valence-electron chi connectivity index (χ0n) is 25.9. The fourth-order valence-electron chi connectivity index (χ4n) is 6.81. The Morgan fingerprint density at radius 3 is 2.68 bits per heavy atom. The highest BCUT2D eigenvalue weighted by Gasteiger charge is 2.46. The van der Waals surface area contributed by atoms with Gasteiger partial charge in [0.1, 0.15) is 24.0 Å². The van der Waals surface area contributed by atoms with Gasteiger partial charge in [0.15, 0.2) is 0 Å². The topological polar surface area (TPSA) is 164 Å². The average molecular weight is 610 g/mol. The smallest absolute Gasteiger partial charge is 0.287 e. The number of pyridine rings is 1. The molecule has 2 fully saturated rings. The molecule has 4 atom stereocenters. The van der Waals surface area contributed by atoms with Gasteiger partial charge in [-0.3, -0.25) is 28.8 Å². The third-order valence-corrected chi connectivity index (χ3v) is 8.98. The second kappa shape index (κ2) is 14.0. The van der Waals surface area contributed by atoms with Crippen LogP contribution in [0.4, 0.5) is 5.69 Å². The van der Waals surface area contributed by atoms with E-state index in [1.54, 1.807) is 20.0 Å². The van der Waals surface area contributed by atoms with Gasteiger partial charge in [0.25, 0.3) is 17.4 Å². The Bertz CT molecular complexity index is 1460. The van der Waals surface area contributed by atoms with E-state index in [0.717, 1.165) is 25.7 Å². The predicted molar refractivity (Wildman–Crippen MR) is 163 cm³/mol. The minimum atomic E-state index is -1.25. The van der Waals surface area contributed by atoms with Crippen molar-refractivity contribution in [2.75, 3.05) is 18.9 Å². The van der Waals surface area contributed by atoms with Crippen molar-refractivity contribution < 1.29 is 24.0 Å². The first-order valence-corrected chi connectivity index (χ1v) is 15.3. The molecule has 4 amide bonds. The maximum atomic E-state index is 13.5. The number of fused-ring (bicyclic) bond motifs is 2. The van der Waals surface area contributed by atoms with Crippen molar-refractivity contribution in [1.29, 1.82) is 0 Å². The lowest BCUT2D eigenvalue weighted by molar-refractivity contribution is -0.141. The Morgan fingerprint density at radius 2 is 1.98 bits per heavy atom. The van der Waals surface area contributed by atoms with Crippen LogP contribution in [-0.4, -0.2) is 73.6 Å². The SMILES string of the molecule is CCNC(=O)C(=O)CC[C@H](NC(=O)c1cncn1C)C(=O)Nc1cccn(CC(=O)N(C)C23CCCC(CC(C)C2)C3)c1=O. The van der Waals surface area contributed by atoms with E-state index in [1.807, 2.05) is 11.9 Å². The van der Waals surface area contributed by atoms with E-state index in [0.29, 0.717) is 11.8 Å². The predicted octanol–water partition coefficient (Wildman–Crippen LogP) is 1.62. The molecule has 13 nitrogen and oxygen atoms in total. The highest BCUT2D eigenvalue weighted by molar-refractivity contribution is 6.36. The van der Waals surface area contributed by atoms with Crippen LogP contribution in [0.15, 0.2) is 35.6 Å². The molecule has 0 saturated heterocycles. The van der Waals surface area contributed by atoms with Crippen molar-refractivity contribution in [3.05, 3.63) is 46.9 Å². The lowest BCUT2D eigenvalue weighted by atomic mass is 9.63. The third-order valence-electron chi connectivity index (χ3n) is 8.98. The number of ketones is 1. The largest absolute Gasteiger partial charge is 0.350 e. The number of nitrogens with zero attached hydrogens (tertiary/aromatic N) is 4. The van der Waals surface area contributed by atoms with Crippen LogP contribution in [-0.2, 0) is 32.8 Å². The molecule has 2 aliphatic carbocycles. The van der Waals surface area contributed by atoms with E-state index in [2.05, 4.69) is 27.9 Å². The molecule has 2 bridgehead atoms.